The maximum absolute atomic E-state index is 12.3. The van der Waals surface area contributed by atoms with E-state index in [0.29, 0.717) is 0 Å². The Morgan fingerprint density at radius 2 is 1.83 bits per heavy atom. The van der Waals surface area contributed by atoms with Gasteiger partial charge in [-0.05, 0) is 36.2 Å². The fourth-order valence-corrected chi connectivity index (χ4v) is 3.23. The van der Waals surface area contributed by atoms with Crippen LogP contribution in [0.4, 0.5) is 0 Å². The van der Waals surface area contributed by atoms with Crippen molar-refractivity contribution in [3.8, 4) is 0 Å². The van der Waals surface area contributed by atoms with Gasteiger partial charge in [0.25, 0.3) is 0 Å². The second kappa shape index (κ2) is 7.57. The zero-order valence-electron chi connectivity index (χ0n) is 13.4. The summed E-state index contributed by atoms with van der Waals surface area (Å²) in [7, 11) is -3.61. The lowest BCUT2D eigenvalue weighted by Crippen LogP contribution is -2.35. The van der Waals surface area contributed by atoms with Crippen molar-refractivity contribution in [2.45, 2.75) is 37.6 Å². The summed E-state index contributed by atoms with van der Waals surface area (Å²) in [5, 5.41) is 4.66. The number of carbonyl (C=O) groups excluding carboxylic acids is 1. The highest BCUT2D eigenvalue weighted by molar-refractivity contribution is 7.89. The van der Waals surface area contributed by atoms with Gasteiger partial charge in [-0.3, -0.25) is 4.79 Å². The summed E-state index contributed by atoms with van der Waals surface area (Å²) in [6.07, 6.45) is 0.964. The van der Waals surface area contributed by atoms with E-state index in [1.165, 1.54) is 0 Å². The lowest BCUT2D eigenvalue weighted by molar-refractivity contribution is -0.121. The summed E-state index contributed by atoms with van der Waals surface area (Å²) in [6, 6.07) is 12.7. The van der Waals surface area contributed by atoms with E-state index in [4.69, 9.17) is 0 Å². The number of nitrogens with one attached hydrogen (secondary N) is 2. The molecule has 124 valence electrons. The predicted molar refractivity (Wildman–Crippen MR) is 91.6 cm³/mol. The van der Waals surface area contributed by atoms with Crippen molar-refractivity contribution in [3.05, 3.63) is 42.5 Å². The van der Waals surface area contributed by atoms with Crippen LogP contribution in [0.1, 0.15) is 26.7 Å². The van der Waals surface area contributed by atoms with E-state index in [9.17, 15) is 13.2 Å². The Morgan fingerprint density at radius 3 is 2.52 bits per heavy atom. The molecule has 1 atom stereocenters. The summed E-state index contributed by atoms with van der Waals surface area (Å²) < 4.78 is 27.1. The molecule has 0 bridgehead atoms. The lowest BCUT2D eigenvalue weighted by atomic mass is 10.1. The van der Waals surface area contributed by atoms with Crippen molar-refractivity contribution in [1.29, 1.82) is 0 Å². The fourth-order valence-electron chi connectivity index (χ4n) is 2.17. The topological polar surface area (TPSA) is 75.3 Å². The van der Waals surface area contributed by atoms with Crippen molar-refractivity contribution in [3.63, 3.8) is 0 Å². The molecule has 2 aromatic carbocycles. The Labute approximate surface area is 137 Å². The van der Waals surface area contributed by atoms with Crippen LogP contribution in [0.25, 0.3) is 10.8 Å². The number of sulfonamides is 1. The molecule has 0 saturated heterocycles. The van der Waals surface area contributed by atoms with Gasteiger partial charge < -0.3 is 5.32 Å². The molecule has 2 rings (SSSR count). The zero-order chi connectivity index (χ0) is 16.9. The standard InChI is InChI=1S/C17H22N2O3S/c1-3-13(2)19-17(20)10-11-18-23(21,22)16-9-8-14-6-4-5-7-15(14)12-16/h4-9,12-13,18H,3,10-11H2,1-2H3,(H,19,20). The number of fused-ring (bicyclic) bond motifs is 1. The molecular formula is C17H22N2O3S. The quantitative estimate of drug-likeness (QED) is 0.816. The van der Waals surface area contributed by atoms with Crippen LogP contribution in [0.3, 0.4) is 0 Å². The molecule has 0 heterocycles. The maximum atomic E-state index is 12.3. The minimum absolute atomic E-state index is 0.0808. The molecule has 2 N–H and O–H groups in total. The van der Waals surface area contributed by atoms with Crippen molar-refractivity contribution in [2.24, 2.45) is 0 Å². The van der Waals surface area contributed by atoms with Crippen LogP contribution in [0.15, 0.2) is 47.4 Å². The highest BCUT2D eigenvalue weighted by atomic mass is 32.2. The van der Waals surface area contributed by atoms with Gasteiger partial charge in [-0.15, -0.1) is 0 Å². The van der Waals surface area contributed by atoms with Crippen LogP contribution in [-0.4, -0.2) is 26.9 Å². The maximum Gasteiger partial charge on any atom is 0.240 e. The Kier molecular flexibility index (Phi) is 5.74. The molecule has 0 radical (unpaired) electrons. The Morgan fingerprint density at radius 1 is 1.13 bits per heavy atom. The SMILES string of the molecule is CCC(C)NC(=O)CCNS(=O)(=O)c1ccc2ccccc2c1. The number of carbonyl (C=O) groups is 1. The first kappa shape index (κ1) is 17.4. The molecule has 0 aliphatic heterocycles. The van der Waals surface area contributed by atoms with Crippen LogP contribution in [-0.2, 0) is 14.8 Å². The molecule has 2 aromatic rings. The van der Waals surface area contributed by atoms with Crippen LogP contribution in [0, 0.1) is 0 Å². The first-order valence-corrected chi connectivity index (χ1v) is 9.18. The van der Waals surface area contributed by atoms with Crippen molar-refractivity contribution >= 4 is 26.7 Å². The smallest absolute Gasteiger partial charge is 0.240 e. The average molecular weight is 334 g/mol. The van der Waals surface area contributed by atoms with Crippen LogP contribution < -0.4 is 10.0 Å². The van der Waals surface area contributed by atoms with Crippen LogP contribution in [0.2, 0.25) is 0 Å². The lowest BCUT2D eigenvalue weighted by Gasteiger charge is -2.12. The van der Waals surface area contributed by atoms with Crippen molar-refractivity contribution in [1.82, 2.24) is 10.0 Å². The number of benzene rings is 2. The van der Waals surface area contributed by atoms with Gasteiger partial charge in [0.15, 0.2) is 0 Å². The first-order valence-electron chi connectivity index (χ1n) is 7.70. The third kappa shape index (κ3) is 4.77. The molecule has 0 fully saturated rings. The molecule has 5 nitrogen and oxygen atoms in total. The molecule has 0 spiro atoms. The second-order valence-electron chi connectivity index (χ2n) is 5.53. The minimum atomic E-state index is -3.61. The van der Waals surface area contributed by atoms with E-state index in [1.807, 2.05) is 38.1 Å². The van der Waals surface area contributed by atoms with E-state index in [1.54, 1.807) is 18.2 Å². The van der Waals surface area contributed by atoms with Gasteiger partial charge in [-0.25, -0.2) is 13.1 Å². The molecule has 0 aliphatic rings. The predicted octanol–water partition coefficient (Wildman–Crippen LogP) is 2.42. The number of rotatable bonds is 7. The number of amides is 1. The van der Waals surface area contributed by atoms with Crippen molar-refractivity contribution in [2.75, 3.05) is 6.54 Å². The molecule has 23 heavy (non-hydrogen) atoms. The Balaban J connectivity index is 1.99. The fraction of sp³-hybridized carbons (Fsp3) is 0.353. The van der Waals surface area contributed by atoms with Gasteiger partial charge in [0.1, 0.15) is 0 Å². The highest BCUT2D eigenvalue weighted by Gasteiger charge is 2.15. The van der Waals surface area contributed by atoms with Gasteiger partial charge in [0.2, 0.25) is 15.9 Å². The van der Waals surface area contributed by atoms with Crippen LogP contribution >= 0.6 is 0 Å². The summed E-state index contributed by atoms with van der Waals surface area (Å²) in [5.41, 5.74) is 0. The largest absolute Gasteiger partial charge is 0.354 e. The summed E-state index contributed by atoms with van der Waals surface area (Å²) in [6.45, 7) is 3.97. The van der Waals surface area contributed by atoms with Crippen molar-refractivity contribution < 1.29 is 13.2 Å². The van der Waals surface area contributed by atoms with E-state index in [-0.39, 0.29) is 29.8 Å². The Bertz CT molecular complexity index is 787. The van der Waals surface area contributed by atoms with Crippen LogP contribution in [0.5, 0.6) is 0 Å². The Hall–Kier alpha value is -1.92. The molecular weight excluding hydrogens is 312 g/mol. The summed E-state index contributed by atoms with van der Waals surface area (Å²) in [4.78, 5) is 11.9. The molecule has 1 unspecified atom stereocenters. The third-order valence-electron chi connectivity index (χ3n) is 3.70. The van der Waals surface area contributed by atoms with E-state index in [2.05, 4.69) is 10.0 Å². The summed E-state index contributed by atoms with van der Waals surface area (Å²) in [5.74, 6) is -0.152. The second-order valence-corrected chi connectivity index (χ2v) is 7.30. The van der Waals surface area contributed by atoms with Gasteiger partial charge in [0, 0.05) is 19.0 Å². The van der Waals surface area contributed by atoms with E-state index in [0.717, 1.165) is 17.2 Å². The normalized spacial score (nSPS) is 13.0. The van der Waals surface area contributed by atoms with Gasteiger partial charge in [0.05, 0.1) is 4.90 Å². The minimum Gasteiger partial charge on any atom is -0.354 e. The summed E-state index contributed by atoms with van der Waals surface area (Å²) >= 11 is 0. The number of hydrogen-bond acceptors (Lipinski definition) is 3. The van der Waals surface area contributed by atoms with Gasteiger partial charge in [-0.2, -0.15) is 0 Å². The third-order valence-corrected chi connectivity index (χ3v) is 5.15. The average Bonchev–Trinajstić information content (AvgIpc) is 2.54. The van der Waals surface area contributed by atoms with Gasteiger partial charge in [-0.1, -0.05) is 37.3 Å². The first-order chi connectivity index (χ1) is 10.9. The molecule has 0 saturated carbocycles. The molecule has 0 aromatic heterocycles. The monoisotopic (exact) mass is 334 g/mol. The van der Waals surface area contributed by atoms with Gasteiger partial charge >= 0.3 is 0 Å². The molecule has 0 aliphatic carbocycles. The highest BCUT2D eigenvalue weighted by Crippen LogP contribution is 2.18. The molecule has 1 amide bonds. The van der Waals surface area contributed by atoms with E-state index < -0.39 is 10.0 Å². The molecule has 6 heteroatoms. The number of hydrogen-bond donors (Lipinski definition) is 2. The zero-order valence-corrected chi connectivity index (χ0v) is 14.2. The van der Waals surface area contributed by atoms with E-state index >= 15 is 0 Å².